The molecule has 2 heterocycles. The molecule has 0 radical (unpaired) electrons. The Bertz CT molecular complexity index is 754. The number of hydrogen-bond donors (Lipinski definition) is 1. The van der Waals surface area contributed by atoms with Crippen molar-refractivity contribution in [2.24, 2.45) is 5.10 Å². The van der Waals surface area contributed by atoms with Crippen molar-refractivity contribution in [3.05, 3.63) is 16.8 Å². The molecular weight excluding hydrogens is 312 g/mol. The van der Waals surface area contributed by atoms with Crippen LogP contribution in [-0.4, -0.2) is 28.3 Å². The molecule has 1 N–H and O–H groups in total. The van der Waals surface area contributed by atoms with Crippen LogP contribution < -0.4 is 5.43 Å². The number of hydrazone groups is 1. The average Bonchev–Trinajstić information content (AvgIpc) is 2.92. The number of rotatable bonds is 5. The molecule has 0 saturated heterocycles. The maximum atomic E-state index is 11.5. The van der Waals surface area contributed by atoms with Crippen molar-refractivity contribution >= 4 is 39.1 Å². The van der Waals surface area contributed by atoms with E-state index >= 15 is 0 Å². The first-order chi connectivity index (χ1) is 11.2. The summed E-state index contributed by atoms with van der Waals surface area (Å²) in [5.74, 6) is 0.453. The molecule has 0 saturated carbocycles. The van der Waals surface area contributed by atoms with Gasteiger partial charge in [0, 0.05) is 10.6 Å². The van der Waals surface area contributed by atoms with Crippen molar-refractivity contribution in [2.45, 2.75) is 46.0 Å². The zero-order valence-corrected chi connectivity index (χ0v) is 14.2. The Morgan fingerprint density at radius 3 is 3.04 bits per heavy atom. The highest BCUT2D eigenvalue weighted by molar-refractivity contribution is 7.19. The van der Waals surface area contributed by atoms with E-state index in [4.69, 9.17) is 4.74 Å². The molecule has 0 spiro atoms. The summed E-state index contributed by atoms with van der Waals surface area (Å²) in [7, 11) is 0. The number of nitrogens with one attached hydrogen (secondary N) is 1. The van der Waals surface area contributed by atoms with Gasteiger partial charge >= 0.3 is 5.97 Å². The van der Waals surface area contributed by atoms with Gasteiger partial charge in [-0.3, -0.25) is 10.2 Å². The largest absolute Gasteiger partial charge is 0.466 e. The monoisotopic (exact) mass is 332 g/mol. The number of aryl methyl sites for hydroxylation is 2. The Labute approximate surface area is 139 Å². The lowest BCUT2D eigenvalue weighted by Gasteiger charge is -2.11. The van der Waals surface area contributed by atoms with Crippen LogP contribution in [-0.2, 0) is 22.4 Å². The molecule has 2 aromatic heterocycles. The van der Waals surface area contributed by atoms with Crippen LogP contribution in [0.25, 0.3) is 10.2 Å². The second-order valence-corrected chi connectivity index (χ2v) is 6.64. The van der Waals surface area contributed by atoms with E-state index < -0.39 is 0 Å². The summed E-state index contributed by atoms with van der Waals surface area (Å²) in [4.78, 5) is 22.6. The fraction of sp³-hybridized carbons (Fsp3) is 0.500. The van der Waals surface area contributed by atoms with Gasteiger partial charge in [0.05, 0.1) is 18.4 Å². The van der Waals surface area contributed by atoms with Crippen LogP contribution in [0, 0.1) is 0 Å². The number of fused-ring (bicyclic) bond motifs is 3. The van der Waals surface area contributed by atoms with E-state index in [0.717, 1.165) is 28.9 Å². The van der Waals surface area contributed by atoms with Gasteiger partial charge in [-0.05, 0) is 45.1 Å². The lowest BCUT2D eigenvalue weighted by Crippen LogP contribution is -2.10. The van der Waals surface area contributed by atoms with Crippen LogP contribution in [0.4, 0.5) is 5.82 Å². The first-order valence-electron chi connectivity index (χ1n) is 7.89. The summed E-state index contributed by atoms with van der Waals surface area (Å²) < 4.78 is 4.93. The number of hydrogen-bond acceptors (Lipinski definition) is 7. The molecule has 1 aliphatic rings. The van der Waals surface area contributed by atoms with Crippen LogP contribution in [0.1, 0.15) is 43.6 Å². The van der Waals surface area contributed by atoms with Gasteiger partial charge in [-0.2, -0.15) is 5.10 Å². The number of anilines is 1. The Kier molecular flexibility index (Phi) is 4.85. The second kappa shape index (κ2) is 7.04. The van der Waals surface area contributed by atoms with E-state index in [1.54, 1.807) is 31.5 Å². The quantitative estimate of drug-likeness (QED) is 0.516. The summed E-state index contributed by atoms with van der Waals surface area (Å²) in [5.41, 5.74) is 5.03. The van der Waals surface area contributed by atoms with Gasteiger partial charge in [-0.15, -0.1) is 11.3 Å². The molecule has 0 aliphatic heterocycles. The topological polar surface area (TPSA) is 76.5 Å². The molecule has 0 amide bonds. The van der Waals surface area contributed by atoms with Gasteiger partial charge in [0.2, 0.25) is 0 Å². The molecule has 7 heteroatoms. The highest BCUT2D eigenvalue weighted by atomic mass is 32.1. The molecule has 23 heavy (non-hydrogen) atoms. The van der Waals surface area contributed by atoms with Crippen LogP contribution in [0.15, 0.2) is 11.4 Å². The maximum Gasteiger partial charge on any atom is 0.311 e. The number of nitrogens with zero attached hydrogens (tertiary/aromatic N) is 3. The van der Waals surface area contributed by atoms with Crippen molar-refractivity contribution in [1.82, 2.24) is 9.97 Å². The molecule has 0 fully saturated rings. The minimum atomic E-state index is -0.267. The maximum absolute atomic E-state index is 11.5. The van der Waals surface area contributed by atoms with Crippen LogP contribution >= 0.6 is 11.3 Å². The fourth-order valence-corrected chi connectivity index (χ4v) is 4.01. The van der Waals surface area contributed by atoms with Crippen LogP contribution in [0.5, 0.6) is 0 Å². The predicted octanol–water partition coefficient (Wildman–Crippen LogP) is 3.31. The highest BCUT2D eigenvalue weighted by Crippen LogP contribution is 2.38. The number of carbonyl (C=O) groups is 1. The number of esters is 1. The first-order valence-corrected chi connectivity index (χ1v) is 8.70. The number of carbonyl (C=O) groups excluding carboxylic acids is 1. The molecule has 0 bridgehead atoms. The van der Waals surface area contributed by atoms with E-state index in [0.29, 0.717) is 12.3 Å². The van der Waals surface area contributed by atoms with E-state index in [-0.39, 0.29) is 12.4 Å². The highest BCUT2D eigenvalue weighted by Gasteiger charge is 2.19. The average molecular weight is 332 g/mol. The predicted molar refractivity (Wildman–Crippen MR) is 92.0 cm³/mol. The third-order valence-corrected chi connectivity index (χ3v) is 5.01. The van der Waals surface area contributed by atoms with E-state index in [2.05, 4.69) is 20.5 Å². The number of ether oxygens (including phenoxy) is 1. The van der Waals surface area contributed by atoms with E-state index in [1.807, 2.05) is 0 Å². The number of thiophene rings is 1. The molecule has 6 nitrogen and oxygen atoms in total. The molecule has 2 aromatic rings. The van der Waals surface area contributed by atoms with Gasteiger partial charge < -0.3 is 4.74 Å². The molecular formula is C16H20N4O2S. The van der Waals surface area contributed by atoms with Gasteiger partial charge in [0.15, 0.2) is 5.82 Å². The Morgan fingerprint density at radius 2 is 2.22 bits per heavy atom. The smallest absolute Gasteiger partial charge is 0.311 e. The third kappa shape index (κ3) is 3.50. The summed E-state index contributed by atoms with van der Waals surface area (Å²) in [6, 6.07) is 0. The van der Waals surface area contributed by atoms with Crippen molar-refractivity contribution < 1.29 is 9.53 Å². The molecule has 0 unspecified atom stereocenters. The zero-order chi connectivity index (χ0) is 16.2. The summed E-state index contributed by atoms with van der Waals surface area (Å²) in [6.45, 7) is 3.97. The molecule has 3 rings (SSSR count). The minimum absolute atomic E-state index is 0.177. The summed E-state index contributed by atoms with van der Waals surface area (Å²) in [5, 5.41) is 5.36. The van der Waals surface area contributed by atoms with Crippen molar-refractivity contribution in [3.8, 4) is 0 Å². The fourth-order valence-electron chi connectivity index (χ4n) is 2.78. The first kappa shape index (κ1) is 15.9. The van der Waals surface area contributed by atoms with E-state index in [1.165, 1.54) is 23.3 Å². The van der Waals surface area contributed by atoms with Gasteiger partial charge in [0.1, 0.15) is 11.2 Å². The standard InChI is InChI=1S/C16H20N4O2S/c1-3-22-13(21)8-10(2)19-20-15-14-11-6-4-5-7-12(11)23-16(14)18-9-17-15/h9H,3-8H2,1-2H3,(H,17,18,20)/b19-10+. The van der Waals surface area contributed by atoms with Crippen LogP contribution in [0.2, 0.25) is 0 Å². The van der Waals surface area contributed by atoms with Crippen molar-refractivity contribution in [3.63, 3.8) is 0 Å². The Hall–Kier alpha value is -2.02. The SMILES string of the molecule is CCOC(=O)C/C(C)=N/Nc1ncnc2sc3c(c12)CCCC3. The lowest BCUT2D eigenvalue weighted by molar-refractivity contribution is -0.141. The normalized spacial score (nSPS) is 14.6. The summed E-state index contributed by atoms with van der Waals surface area (Å²) >= 11 is 1.75. The second-order valence-electron chi connectivity index (χ2n) is 5.55. The third-order valence-electron chi connectivity index (χ3n) is 3.81. The van der Waals surface area contributed by atoms with Crippen molar-refractivity contribution in [2.75, 3.05) is 12.0 Å². The van der Waals surface area contributed by atoms with E-state index in [9.17, 15) is 4.79 Å². The molecule has 0 atom stereocenters. The van der Waals surface area contributed by atoms with Crippen molar-refractivity contribution in [1.29, 1.82) is 0 Å². The molecule has 122 valence electrons. The van der Waals surface area contributed by atoms with Gasteiger partial charge in [-0.25, -0.2) is 9.97 Å². The van der Waals surface area contributed by atoms with Crippen LogP contribution in [0.3, 0.4) is 0 Å². The Balaban J connectivity index is 1.83. The summed E-state index contributed by atoms with van der Waals surface area (Å²) in [6.07, 6.45) is 6.38. The van der Waals surface area contributed by atoms with Gasteiger partial charge in [0.25, 0.3) is 0 Å². The zero-order valence-electron chi connectivity index (χ0n) is 13.4. The van der Waals surface area contributed by atoms with Gasteiger partial charge in [-0.1, -0.05) is 0 Å². The minimum Gasteiger partial charge on any atom is -0.466 e. The lowest BCUT2D eigenvalue weighted by atomic mass is 9.97. The Morgan fingerprint density at radius 1 is 1.39 bits per heavy atom. The molecule has 1 aliphatic carbocycles. The number of aromatic nitrogens is 2. The molecule has 0 aromatic carbocycles.